The van der Waals surface area contributed by atoms with Crippen molar-refractivity contribution in [2.75, 3.05) is 6.54 Å². The minimum atomic E-state index is -1.29. The van der Waals surface area contributed by atoms with Gasteiger partial charge in [0, 0.05) is 6.04 Å². The monoisotopic (exact) mass is 343 g/mol. The Balaban J connectivity index is 0.00000484. The van der Waals surface area contributed by atoms with Gasteiger partial charge in [-0.25, -0.2) is 0 Å². The fourth-order valence-corrected chi connectivity index (χ4v) is 2.08. The Morgan fingerprint density at radius 1 is 1.26 bits per heavy atom. The molecule has 3 atom stereocenters. The molecule has 2 amide bonds. The van der Waals surface area contributed by atoms with E-state index in [9.17, 15) is 14.7 Å². The quantitative estimate of drug-likeness (QED) is 0.562. The third kappa shape index (κ3) is 7.45. The van der Waals surface area contributed by atoms with Crippen molar-refractivity contribution in [2.45, 2.75) is 44.9 Å². The van der Waals surface area contributed by atoms with Gasteiger partial charge in [0.15, 0.2) is 0 Å². The van der Waals surface area contributed by atoms with E-state index in [0.29, 0.717) is 6.42 Å². The molecule has 0 fully saturated rings. The predicted molar refractivity (Wildman–Crippen MR) is 92.1 cm³/mol. The Morgan fingerprint density at radius 3 is 2.43 bits per heavy atom. The van der Waals surface area contributed by atoms with Crippen molar-refractivity contribution in [3.8, 4) is 0 Å². The van der Waals surface area contributed by atoms with Crippen LogP contribution in [0.4, 0.5) is 0 Å². The zero-order chi connectivity index (χ0) is 16.5. The lowest BCUT2D eigenvalue weighted by molar-refractivity contribution is -0.132. The van der Waals surface area contributed by atoms with Gasteiger partial charge in [0.2, 0.25) is 5.91 Å². The molecule has 0 bridgehead atoms. The second-order valence-electron chi connectivity index (χ2n) is 5.32. The van der Waals surface area contributed by atoms with Crippen molar-refractivity contribution in [1.29, 1.82) is 0 Å². The van der Waals surface area contributed by atoms with E-state index >= 15 is 0 Å². The topological polar surface area (TPSA) is 104 Å². The summed E-state index contributed by atoms with van der Waals surface area (Å²) >= 11 is 0. The summed E-state index contributed by atoms with van der Waals surface area (Å²) in [7, 11) is 0. The lowest BCUT2D eigenvalue weighted by Gasteiger charge is -2.18. The van der Waals surface area contributed by atoms with E-state index in [2.05, 4.69) is 10.6 Å². The van der Waals surface area contributed by atoms with Crippen LogP contribution in [0.3, 0.4) is 0 Å². The summed E-state index contributed by atoms with van der Waals surface area (Å²) in [6, 6.07) is 8.75. The Bertz CT molecular complexity index is 485. The van der Waals surface area contributed by atoms with Gasteiger partial charge in [0.25, 0.3) is 5.91 Å². The first-order valence-corrected chi connectivity index (χ1v) is 7.51. The van der Waals surface area contributed by atoms with Gasteiger partial charge in [-0.1, -0.05) is 43.7 Å². The number of aliphatic hydroxyl groups excluding tert-OH is 1. The molecule has 0 aliphatic rings. The first-order chi connectivity index (χ1) is 10.5. The number of nitrogens with one attached hydrogen (secondary N) is 2. The predicted octanol–water partition coefficient (Wildman–Crippen LogP) is 0.890. The summed E-state index contributed by atoms with van der Waals surface area (Å²) in [5.74, 6) is -0.940. The Labute approximate surface area is 143 Å². The summed E-state index contributed by atoms with van der Waals surface area (Å²) in [5, 5.41) is 14.9. The van der Waals surface area contributed by atoms with E-state index in [-0.39, 0.29) is 30.9 Å². The number of benzene rings is 1. The van der Waals surface area contributed by atoms with Crippen molar-refractivity contribution in [1.82, 2.24) is 10.6 Å². The minimum absolute atomic E-state index is 0. The normalized spacial score (nSPS) is 14.1. The van der Waals surface area contributed by atoms with Crippen LogP contribution in [0.1, 0.15) is 38.3 Å². The molecule has 0 heterocycles. The number of carbonyl (C=O) groups is 2. The molecule has 0 aromatic heterocycles. The number of hydrogen-bond acceptors (Lipinski definition) is 4. The van der Waals surface area contributed by atoms with Gasteiger partial charge in [0.05, 0.1) is 12.6 Å². The van der Waals surface area contributed by atoms with Gasteiger partial charge in [-0.3, -0.25) is 9.59 Å². The maximum Gasteiger partial charge on any atom is 0.250 e. The number of aliphatic hydroxyl groups is 1. The van der Waals surface area contributed by atoms with Crippen molar-refractivity contribution in [3.05, 3.63) is 35.9 Å². The van der Waals surface area contributed by atoms with Crippen LogP contribution in [0.5, 0.6) is 0 Å². The van der Waals surface area contributed by atoms with E-state index < -0.39 is 18.1 Å². The van der Waals surface area contributed by atoms with Gasteiger partial charge in [-0.05, 0) is 18.9 Å². The lowest BCUT2D eigenvalue weighted by Crippen LogP contribution is -2.48. The molecule has 0 saturated carbocycles. The van der Waals surface area contributed by atoms with E-state index in [0.717, 1.165) is 12.0 Å². The van der Waals surface area contributed by atoms with Crippen LogP contribution in [0.25, 0.3) is 0 Å². The van der Waals surface area contributed by atoms with Crippen LogP contribution in [0.2, 0.25) is 0 Å². The fraction of sp³-hybridized carbons (Fsp3) is 0.500. The Kier molecular flexibility index (Phi) is 10.2. The molecular formula is C16H26ClN3O3. The number of nitrogens with two attached hydrogens (primary N) is 1. The van der Waals surface area contributed by atoms with Crippen LogP contribution in [-0.4, -0.2) is 35.6 Å². The third-order valence-electron chi connectivity index (χ3n) is 3.40. The molecule has 0 radical (unpaired) electrons. The first kappa shape index (κ1) is 21.4. The molecular weight excluding hydrogens is 318 g/mol. The van der Waals surface area contributed by atoms with E-state index in [1.165, 1.54) is 0 Å². The maximum absolute atomic E-state index is 11.8. The Morgan fingerprint density at radius 2 is 1.87 bits per heavy atom. The molecule has 0 spiro atoms. The van der Waals surface area contributed by atoms with Gasteiger partial charge >= 0.3 is 0 Å². The molecule has 7 heteroatoms. The van der Waals surface area contributed by atoms with Crippen LogP contribution in [0.15, 0.2) is 30.3 Å². The maximum atomic E-state index is 11.8. The van der Waals surface area contributed by atoms with Crippen LogP contribution < -0.4 is 16.4 Å². The van der Waals surface area contributed by atoms with Crippen LogP contribution >= 0.6 is 12.4 Å². The zero-order valence-electron chi connectivity index (χ0n) is 13.5. The first-order valence-electron chi connectivity index (χ1n) is 7.51. The molecule has 130 valence electrons. The molecule has 5 N–H and O–H groups in total. The SMILES string of the molecule is CCCC(N)C(O)C(=O)NCC(=O)N[C@H](C)c1ccccc1.Cl. The Hall–Kier alpha value is -1.63. The highest BCUT2D eigenvalue weighted by Gasteiger charge is 2.22. The zero-order valence-corrected chi connectivity index (χ0v) is 14.3. The highest BCUT2D eigenvalue weighted by molar-refractivity contribution is 5.87. The highest BCUT2D eigenvalue weighted by Crippen LogP contribution is 2.10. The average Bonchev–Trinajstić information content (AvgIpc) is 2.52. The van der Waals surface area contributed by atoms with Gasteiger partial charge in [-0.15, -0.1) is 12.4 Å². The average molecular weight is 344 g/mol. The number of rotatable bonds is 8. The second-order valence-corrected chi connectivity index (χ2v) is 5.32. The van der Waals surface area contributed by atoms with E-state index in [1.54, 1.807) is 0 Å². The third-order valence-corrected chi connectivity index (χ3v) is 3.40. The number of hydrogen-bond donors (Lipinski definition) is 4. The summed E-state index contributed by atoms with van der Waals surface area (Å²) in [6.45, 7) is 3.59. The van der Waals surface area contributed by atoms with E-state index in [1.807, 2.05) is 44.2 Å². The van der Waals surface area contributed by atoms with Gasteiger partial charge < -0.3 is 21.5 Å². The van der Waals surface area contributed by atoms with Crippen molar-refractivity contribution in [3.63, 3.8) is 0 Å². The molecule has 0 aliphatic carbocycles. The van der Waals surface area contributed by atoms with Crippen molar-refractivity contribution in [2.24, 2.45) is 5.73 Å². The molecule has 6 nitrogen and oxygen atoms in total. The molecule has 23 heavy (non-hydrogen) atoms. The highest BCUT2D eigenvalue weighted by atomic mass is 35.5. The minimum Gasteiger partial charge on any atom is -0.382 e. The van der Waals surface area contributed by atoms with E-state index in [4.69, 9.17) is 5.73 Å². The van der Waals surface area contributed by atoms with Crippen LogP contribution in [0, 0.1) is 0 Å². The molecule has 2 unspecified atom stereocenters. The molecule has 1 aromatic rings. The van der Waals surface area contributed by atoms with Gasteiger partial charge in [0.1, 0.15) is 6.10 Å². The lowest BCUT2D eigenvalue weighted by atomic mass is 10.1. The molecule has 1 rings (SSSR count). The molecule has 0 saturated heterocycles. The summed E-state index contributed by atoms with van der Waals surface area (Å²) in [6.07, 6.45) is 0.0335. The smallest absolute Gasteiger partial charge is 0.250 e. The van der Waals surface area contributed by atoms with Crippen molar-refractivity contribution < 1.29 is 14.7 Å². The standard InChI is InChI=1S/C16H25N3O3.ClH/c1-3-7-13(17)15(21)16(22)18-10-14(20)19-11(2)12-8-5-4-6-9-12;/h4-6,8-9,11,13,15,21H,3,7,10,17H2,1-2H3,(H,18,22)(H,19,20);1H/t11-,13?,15?;/m1./s1. The number of carbonyl (C=O) groups excluding carboxylic acids is 2. The fourth-order valence-electron chi connectivity index (χ4n) is 2.08. The van der Waals surface area contributed by atoms with Crippen molar-refractivity contribution >= 4 is 24.2 Å². The largest absolute Gasteiger partial charge is 0.382 e. The second kappa shape index (κ2) is 11.0. The molecule has 1 aromatic carbocycles. The summed E-state index contributed by atoms with van der Waals surface area (Å²) in [5.41, 5.74) is 6.66. The van der Waals surface area contributed by atoms with Gasteiger partial charge in [-0.2, -0.15) is 0 Å². The summed E-state index contributed by atoms with van der Waals surface area (Å²) in [4.78, 5) is 23.5. The number of amides is 2. The van der Waals surface area contributed by atoms with Crippen LogP contribution in [-0.2, 0) is 9.59 Å². The summed E-state index contributed by atoms with van der Waals surface area (Å²) < 4.78 is 0. The molecule has 0 aliphatic heterocycles. The number of halogens is 1.